The first-order valence-corrected chi connectivity index (χ1v) is 9.60. The van der Waals surface area contributed by atoms with E-state index in [0.29, 0.717) is 9.35 Å². The molecule has 2 aromatic rings. The van der Waals surface area contributed by atoms with Gasteiger partial charge in [-0.1, -0.05) is 9.63 Å². The molecule has 0 spiro atoms. The van der Waals surface area contributed by atoms with E-state index < -0.39 is 33.8 Å². The molecule has 0 saturated carbocycles. The Morgan fingerprint density at radius 3 is 2.59 bits per heavy atom. The molecule has 2 heterocycles. The highest BCUT2D eigenvalue weighted by Gasteiger charge is 2.38. The number of hydrogen-bond acceptors (Lipinski definition) is 9. The van der Waals surface area contributed by atoms with Crippen LogP contribution in [0.25, 0.3) is 10.7 Å². The fourth-order valence-electron chi connectivity index (χ4n) is 1.84. The van der Waals surface area contributed by atoms with Crippen LogP contribution in [-0.2, 0) is 37.1 Å². The summed E-state index contributed by atoms with van der Waals surface area (Å²) >= 11 is 0.969. The predicted molar refractivity (Wildman–Crippen MR) is 85.6 cm³/mol. The zero-order valence-corrected chi connectivity index (χ0v) is 15.7. The molecule has 2 aromatic heterocycles. The minimum atomic E-state index is -4.76. The highest BCUT2D eigenvalue weighted by molar-refractivity contribution is 7.88. The quantitative estimate of drug-likeness (QED) is 0.463. The molecule has 0 saturated heterocycles. The largest absolute Gasteiger partial charge is 0.471 e. The Kier molecular flexibility index (Phi) is 6.56. The van der Waals surface area contributed by atoms with Crippen LogP contribution in [-0.4, -0.2) is 49.0 Å². The van der Waals surface area contributed by atoms with Gasteiger partial charge in [-0.15, -0.1) is 11.3 Å². The summed E-state index contributed by atoms with van der Waals surface area (Å²) in [7, 11) is -1.65. The fourth-order valence-corrected chi connectivity index (χ4v) is 4.03. The topological polar surface area (TPSA) is 112 Å². The van der Waals surface area contributed by atoms with Crippen LogP contribution in [0.15, 0.2) is 16.7 Å². The van der Waals surface area contributed by atoms with Crippen LogP contribution >= 0.6 is 11.3 Å². The van der Waals surface area contributed by atoms with E-state index in [4.69, 9.17) is 4.84 Å². The summed E-state index contributed by atoms with van der Waals surface area (Å²) in [6.07, 6.45) is -5.11. The molecule has 0 aliphatic rings. The standard InChI is InChI=1S/C13H14F3N3O6S2/c1-23-10(20)5-6-27(21,22)19(24-2)7-8-3-4-9(26-8)11-17-12(25-18-11)13(14,15)16/h3-4H,5-7H2,1-2H3. The first-order chi connectivity index (χ1) is 12.6. The van der Waals surface area contributed by atoms with Crippen molar-refractivity contribution in [2.75, 3.05) is 20.0 Å². The number of sulfonamides is 1. The van der Waals surface area contributed by atoms with E-state index in [9.17, 15) is 26.4 Å². The van der Waals surface area contributed by atoms with Crippen LogP contribution < -0.4 is 0 Å². The maximum atomic E-state index is 12.5. The lowest BCUT2D eigenvalue weighted by Gasteiger charge is -2.18. The molecule has 0 fully saturated rings. The van der Waals surface area contributed by atoms with E-state index >= 15 is 0 Å². The van der Waals surface area contributed by atoms with Gasteiger partial charge < -0.3 is 9.26 Å². The monoisotopic (exact) mass is 429 g/mol. The Morgan fingerprint density at radius 1 is 1.33 bits per heavy atom. The number of carbonyl (C=O) groups excluding carboxylic acids is 1. The van der Waals surface area contributed by atoms with Gasteiger partial charge in [-0.25, -0.2) is 8.42 Å². The van der Waals surface area contributed by atoms with Crippen LogP contribution in [0.5, 0.6) is 0 Å². The summed E-state index contributed by atoms with van der Waals surface area (Å²) in [6.45, 7) is -0.214. The first kappa shape index (κ1) is 21.3. The van der Waals surface area contributed by atoms with Gasteiger partial charge in [0.15, 0.2) is 0 Å². The molecule has 14 heteroatoms. The molecule has 150 valence electrons. The van der Waals surface area contributed by atoms with Gasteiger partial charge in [-0.05, 0) is 12.1 Å². The van der Waals surface area contributed by atoms with Crippen LogP contribution in [0.3, 0.4) is 0 Å². The summed E-state index contributed by atoms with van der Waals surface area (Å²) in [5, 5.41) is 3.26. The van der Waals surface area contributed by atoms with Crippen molar-refractivity contribution in [3.8, 4) is 10.7 Å². The van der Waals surface area contributed by atoms with Gasteiger partial charge in [0.1, 0.15) is 0 Å². The average Bonchev–Trinajstić information content (AvgIpc) is 3.25. The molecule has 0 bridgehead atoms. The third-order valence-corrected chi connectivity index (χ3v) is 5.83. The van der Waals surface area contributed by atoms with Crippen molar-refractivity contribution >= 4 is 27.3 Å². The van der Waals surface area contributed by atoms with Crippen molar-refractivity contribution in [2.45, 2.75) is 19.1 Å². The first-order valence-electron chi connectivity index (χ1n) is 7.18. The molecule has 0 N–H and O–H groups in total. The number of methoxy groups -OCH3 is 1. The van der Waals surface area contributed by atoms with E-state index in [1.165, 1.54) is 12.1 Å². The second-order valence-corrected chi connectivity index (χ2v) is 8.12. The molecule has 0 atom stereocenters. The lowest BCUT2D eigenvalue weighted by molar-refractivity contribution is -0.159. The average molecular weight is 429 g/mol. The molecule has 9 nitrogen and oxygen atoms in total. The van der Waals surface area contributed by atoms with Crippen LogP contribution in [0.4, 0.5) is 13.2 Å². The van der Waals surface area contributed by atoms with Crippen molar-refractivity contribution in [3.63, 3.8) is 0 Å². The summed E-state index contributed by atoms with van der Waals surface area (Å²) in [6, 6.07) is 2.92. The van der Waals surface area contributed by atoms with E-state index in [-0.39, 0.29) is 23.7 Å². The Balaban J connectivity index is 2.11. The number of carbonyl (C=O) groups is 1. The van der Waals surface area contributed by atoms with Crippen molar-refractivity contribution in [1.82, 2.24) is 14.6 Å². The number of hydroxylamine groups is 1. The van der Waals surface area contributed by atoms with Crippen molar-refractivity contribution < 1.29 is 40.5 Å². The summed E-state index contributed by atoms with van der Waals surface area (Å²) < 4.78 is 71.2. The Hall–Kier alpha value is -2.03. The van der Waals surface area contributed by atoms with Crippen molar-refractivity contribution in [3.05, 3.63) is 22.9 Å². The van der Waals surface area contributed by atoms with Gasteiger partial charge >= 0.3 is 18.0 Å². The minimum Gasteiger partial charge on any atom is -0.469 e. The van der Waals surface area contributed by atoms with Gasteiger partial charge in [-0.3, -0.25) is 9.63 Å². The molecule has 0 aliphatic heterocycles. The van der Waals surface area contributed by atoms with Crippen molar-refractivity contribution in [2.24, 2.45) is 0 Å². The Morgan fingerprint density at radius 2 is 2.04 bits per heavy atom. The molecule has 0 unspecified atom stereocenters. The lowest BCUT2D eigenvalue weighted by atomic mass is 10.4. The third-order valence-electron chi connectivity index (χ3n) is 3.14. The molecule has 0 aromatic carbocycles. The Bertz CT molecular complexity index is 893. The van der Waals surface area contributed by atoms with Crippen LogP contribution in [0.1, 0.15) is 17.2 Å². The zero-order chi connectivity index (χ0) is 20.2. The number of aromatic nitrogens is 2. The van der Waals surface area contributed by atoms with Gasteiger partial charge in [0.2, 0.25) is 15.8 Å². The minimum absolute atomic E-state index is 0.214. The maximum absolute atomic E-state index is 12.5. The number of rotatable bonds is 8. The van der Waals surface area contributed by atoms with Crippen LogP contribution in [0.2, 0.25) is 0 Å². The van der Waals surface area contributed by atoms with Gasteiger partial charge in [0.05, 0.1) is 37.8 Å². The van der Waals surface area contributed by atoms with E-state index in [2.05, 4.69) is 19.4 Å². The molecule has 2 rings (SSSR count). The number of ether oxygens (including phenoxy) is 1. The maximum Gasteiger partial charge on any atom is 0.471 e. The number of halogens is 3. The van der Waals surface area contributed by atoms with E-state index in [0.717, 1.165) is 25.6 Å². The molecular weight excluding hydrogens is 415 g/mol. The number of esters is 1. The second-order valence-electron chi connectivity index (χ2n) is 4.97. The fraction of sp³-hybridized carbons (Fsp3) is 0.462. The van der Waals surface area contributed by atoms with Crippen LogP contribution in [0, 0.1) is 0 Å². The highest BCUT2D eigenvalue weighted by Crippen LogP contribution is 2.32. The van der Waals surface area contributed by atoms with Crippen molar-refractivity contribution in [1.29, 1.82) is 0 Å². The molecule has 0 aliphatic carbocycles. The van der Waals surface area contributed by atoms with E-state index in [1.54, 1.807) is 0 Å². The normalized spacial score (nSPS) is 12.5. The SMILES string of the molecule is COC(=O)CCS(=O)(=O)N(Cc1ccc(-c2noc(C(F)(F)F)n2)s1)OC. The number of thiophene rings is 1. The zero-order valence-electron chi connectivity index (χ0n) is 14.0. The molecule has 0 amide bonds. The number of nitrogens with zero attached hydrogens (tertiary/aromatic N) is 3. The number of alkyl halides is 3. The number of hydrogen-bond donors (Lipinski definition) is 0. The summed E-state index contributed by atoms with van der Waals surface area (Å²) in [5.74, 6) is -2.95. The smallest absolute Gasteiger partial charge is 0.469 e. The molecule has 0 radical (unpaired) electrons. The molecular formula is C13H14F3N3O6S2. The summed E-state index contributed by atoms with van der Waals surface area (Å²) in [5.41, 5.74) is 0. The third kappa shape index (κ3) is 5.47. The predicted octanol–water partition coefficient (Wildman–Crippen LogP) is 2.07. The highest BCUT2D eigenvalue weighted by atomic mass is 32.2. The second kappa shape index (κ2) is 8.33. The van der Waals surface area contributed by atoms with Gasteiger partial charge in [-0.2, -0.15) is 18.2 Å². The molecule has 27 heavy (non-hydrogen) atoms. The Labute approximate surface area is 155 Å². The van der Waals surface area contributed by atoms with Gasteiger partial charge in [0, 0.05) is 4.88 Å². The summed E-state index contributed by atoms with van der Waals surface area (Å²) in [4.78, 5) is 19.9. The van der Waals surface area contributed by atoms with E-state index in [1.807, 2.05) is 0 Å². The lowest BCUT2D eigenvalue weighted by Crippen LogP contribution is -2.32. The van der Waals surface area contributed by atoms with Gasteiger partial charge in [0.25, 0.3) is 0 Å².